The van der Waals surface area contributed by atoms with Gasteiger partial charge in [0, 0.05) is 30.3 Å². The Kier molecular flexibility index (Phi) is 3.86. The molecule has 3 nitrogen and oxygen atoms in total. The summed E-state index contributed by atoms with van der Waals surface area (Å²) in [7, 11) is 1.78. The van der Waals surface area contributed by atoms with Crippen LogP contribution in [0.4, 0.5) is 0 Å². The van der Waals surface area contributed by atoms with E-state index in [0.29, 0.717) is 35.5 Å². The summed E-state index contributed by atoms with van der Waals surface area (Å²) in [5.41, 5.74) is 3.06. The zero-order valence-electron chi connectivity index (χ0n) is 18.3. The largest absolute Gasteiger partial charge is 0.497 e. The van der Waals surface area contributed by atoms with E-state index in [-0.39, 0.29) is 5.41 Å². The average molecular weight is 406 g/mol. The smallest absolute Gasteiger partial charge is 0.137 e. The van der Waals surface area contributed by atoms with E-state index in [0.717, 1.165) is 24.0 Å². The second kappa shape index (κ2) is 6.34. The molecule has 6 fully saturated rings. The molecule has 0 unspecified atom stereocenters. The summed E-state index contributed by atoms with van der Waals surface area (Å²) in [5, 5.41) is 0. The first-order valence-corrected chi connectivity index (χ1v) is 12.6. The number of fused-ring (bicyclic) bond motifs is 3. The maximum Gasteiger partial charge on any atom is 0.137 e. The average Bonchev–Trinajstić information content (AvgIpc) is 3.60. The van der Waals surface area contributed by atoms with Gasteiger partial charge in [-0.25, -0.2) is 0 Å². The van der Waals surface area contributed by atoms with Crippen LogP contribution in [-0.2, 0) is 16.6 Å². The fourth-order valence-corrected chi connectivity index (χ4v) is 9.10. The molecule has 1 aliphatic heterocycles. The van der Waals surface area contributed by atoms with Crippen LogP contribution in [0, 0.1) is 35.5 Å². The molecule has 5 saturated carbocycles. The lowest BCUT2D eigenvalue weighted by Gasteiger charge is -2.66. The molecule has 0 amide bonds. The first-order valence-electron chi connectivity index (χ1n) is 12.6. The van der Waals surface area contributed by atoms with Gasteiger partial charge < -0.3 is 4.74 Å². The lowest BCUT2D eigenvalue weighted by Crippen LogP contribution is -2.69. The molecule has 4 bridgehead atoms. The Bertz CT molecular complexity index is 883. The number of carbonyl (C=O) groups excluding carboxylic acids is 1. The van der Waals surface area contributed by atoms with Crippen LogP contribution in [0.25, 0.3) is 0 Å². The number of benzene rings is 1. The Morgan fingerprint density at radius 1 is 1.10 bits per heavy atom. The second-order valence-corrected chi connectivity index (χ2v) is 11.6. The molecule has 0 N–H and O–H groups in total. The van der Waals surface area contributed by atoms with Crippen LogP contribution >= 0.6 is 0 Å². The van der Waals surface area contributed by atoms with Crippen LogP contribution in [0.2, 0.25) is 0 Å². The van der Waals surface area contributed by atoms with Crippen molar-refractivity contribution in [3.8, 4) is 5.75 Å². The number of nitrogens with zero attached hydrogens (tertiary/aromatic N) is 1. The highest BCUT2D eigenvalue weighted by Crippen LogP contribution is 2.65. The molecule has 160 valence electrons. The minimum atomic E-state index is 0.0720. The van der Waals surface area contributed by atoms with E-state index >= 15 is 0 Å². The summed E-state index contributed by atoms with van der Waals surface area (Å²) in [6.45, 7) is 2.50. The van der Waals surface area contributed by atoms with Crippen molar-refractivity contribution in [2.75, 3.05) is 20.2 Å². The number of piperidine rings is 1. The van der Waals surface area contributed by atoms with Gasteiger partial charge in [-0.15, -0.1) is 0 Å². The maximum absolute atomic E-state index is 13.8. The minimum absolute atomic E-state index is 0.0720. The first-order chi connectivity index (χ1) is 14.7. The molecule has 1 aromatic carbocycles. The van der Waals surface area contributed by atoms with Gasteiger partial charge in [-0.05, 0) is 111 Å². The third-order valence-electron chi connectivity index (χ3n) is 10.4. The first kappa shape index (κ1) is 18.2. The van der Waals surface area contributed by atoms with Gasteiger partial charge >= 0.3 is 0 Å². The SMILES string of the molecule is COc1ccc2c(c1)[C@]13CCN(CC4CC4)[C@H](C2)[C@@H]1[C@H]1C2CCC(CC2)[C@H]1C(=O)C3. The normalized spacial score (nSPS) is 44.2. The molecular formula is C27H35NO2. The number of Topliss-reactive ketones (excluding diaryl/α,β-unsaturated/α-hetero) is 1. The standard InChI is InChI=1S/C27H35NO2/c1-30-20-9-8-19-12-22-26-25-18-6-4-17(5-7-18)24(25)23(29)14-27(26,21(19)13-20)10-11-28(22)15-16-2-3-16/h8-9,13,16-18,22,24-26H,2-7,10-12,14-15H2,1H3/t17?,18?,22-,24+,25+,26-,27-/m1/s1. The van der Waals surface area contributed by atoms with Crippen molar-refractivity contribution in [1.82, 2.24) is 4.90 Å². The van der Waals surface area contributed by atoms with Crippen LogP contribution < -0.4 is 4.74 Å². The number of hydrogen-bond donors (Lipinski definition) is 0. The van der Waals surface area contributed by atoms with E-state index in [1.807, 2.05) is 0 Å². The third-order valence-corrected chi connectivity index (χ3v) is 10.4. The van der Waals surface area contributed by atoms with Crippen LogP contribution in [0.3, 0.4) is 0 Å². The van der Waals surface area contributed by atoms with Gasteiger partial charge in [0.25, 0.3) is 0 Å². The molecule has 3 heteroatoms. The fraction of sp³-hybridized carbons (Fsp3) is 0.741. The molecule has 6 aliphatic carbocycles. The van der Waals surface area contributed by atoms with Gasteiger partial charge in [0.05, 0.1) is 7.11 Å². The molecular weight excluding hydrogens is 370 g/mol. The molecule has 1 heterocycles. The number of hydrogen-bond acceptors (Lipinski definition) is 3. The molecule has 8 rings (SSSR count). The van der Waals surface area contributed by atoms with Crippen LogP contribution in [0.5, 0.6) is 5.75 Å². The van der Waals surface area contributed by atoms with Crippen molar-refractivity contribution in [2.45, 2.75) is 69.2 Å². The minimum Gasteiger partial charge on any atom is -0.497 e. The van der Waals surface area contributed by atoms with E-state index in [9.17, 15) is 4.79 Å². The molecule has 0 radical (unpaired) electrons. The van der Waals surface area contributed by atoms with Crippen molar-refractivity contribution in [1.29, 1.82) is 0 Å². The highest BCUT2D eigenvalue weighted by atomic mass is 16.5. The topological polar surface area (TPSA) is 29.5 Å². The van der Waals surface area contributed by atoms with Crippen molar-refractivity contribution in [3.63, 3.8) is 0 Å². The van der Waals surface area contributed by atoms with Gasteiger partial charge in [-0.1, -0.05) is 6.07 Å². The number of ether oxygens (including phenoxy) is 1. The Labute approximate surface area is 180 Å². The highest BCUT2D eigenvalue weighted by Gasteiger charge is 2.65. The van der Waals surface area contributed by atoms with Crippen molar-refractivity contribution in [2.24, 2.45) is 35.5 Å². The molecule has 0 aromatic heterocycles. The van der Waals surface area contributed by atoms with Crippen LogP contribution in [0.15, 0.2) is 18.2 Å². The van der Waals surface area contributed by atoms with E-state index in [2.05, 4.69) is 23.1 Å². The summed E-state index contributed by atoms with van der Waals surface area (Å²) in [6.07, 6.45) is 11.4. The number of rotatable bonds is 3. The van der Waals surface area contributed by atoms with Crippen molar-refractivity contribution < 1.29 is 9.53 Å². The number of likely N-dealkylation sites (tertiary alicyclic amines) is 1. The summed E-state index contributed by atoms with van der Waals surface area (Å²) < 4.78 is 5.66. The van der Waals surface area contributed by atoms with E-state index in [1.165, 1.54) is 75.6 Å². The van der Waals surface area contributed by atoms with Gasteiger partial charge in [0.1, 0.15) is 11.5 Å². The predicted octanol–water partition coefficient (Wildman–Crippen LogP) is 4.61. The number of ketones is 1. The Hall–Kier alpha value is -1.35. The van der Waals surface area contributed by atoms with Gasteiger partial charge in [0.15, 0.2) is 0 Å². The van der Waals surface area contributed by atoms with Crippen molar-refractivity contribution >= 4 is 5.78 Å². The zero-order valence-corrected chi connectivity index (χ0v) is 18.3. The molecule has 1 aromatic rings. The maximum atomic E-state index is 13.8. The lowest BCUT2D eigenvalue weighted by molar-refractivity contribution is -0.161. The van der Waals surface area contributed by atoms with Gasteiger partial charge in [-0.2, -0.15) is 0 Å². The van der Waals surface area contributed by atoms with Crippen LogP contribution in [0.1, 0.15) is 62.5 Å². The van der Waals surface area contributed by atoms with Gasteiger partial charge in [-0.3, -0.25) is 9.69 Å². The third kappa shape index (κ3) is 2.39. The zero-order chi connectivity index (χ0) is 20.0. The second-order valence-electron chi connectivity index (χ2n) is 11.6. The lowest BCUT2D eigenvalue weighted by atomic mass is 9.40. The highest BCUT2D eigenvalue weighted by molar-refractivity contribution is 5.85. The monoisotopic (exact) mass is 405 g/mol. The van der Waals surface area contributed by atoms with E-state index < -0.39 is 0 Å². The van der Waals surface area contributed by atoms with Gasteiger partial charge in [0.2, 0.25) is 0 Å². The Morgan fingerprint density at radius 2 is 1.90 bits per heavy atom. The Morgan fingerprint density at radius 3 is 2.67 bits per heavy atom. The quantitative estimate of drug-likeness (QED) is 0.735. The molecule has 5 atom stereocenters. The fourth-order valence-electron chi connectivity index (χ4n) is 9.10. The molecule has 7 aliphatic rings. The summed E-state index contributed by atoms with van der Waals surface area (Å²) in [6, 6.07) is 7.44. The van der Waals surface area contributed by atoms with E-state index in [1.54, 1.807) is 7.11 Å². The molecule has 0 spiro atoms. The van der Waals surface area contributed by atoms with Crippen LogP contribution in [-0.4, -0.2) is 36.9 Å². The Balaban J connectivity index is 1.39. The number of methoxy groups -OCH3 is 1. The number of carbonyl (C=O) groups is 1. The summed E-state index contributed by atoms with van der Waals surface area (Å²) in [4.78, 5) is 16.6. The molecule has 30 heavy (non-hydrogen) atoms. The predicted molar refractivity (Wildman–Crippen MR) is 117 cm³/mol. The summed E-state index contributed by atoms with van der Waals surface area (Å²) >= 11 is 0. The molecule has 1 saturated heterocycles. The summed E-state index contributed by atoms with van der Waals surface area (Å²) in [5.74, 6) is 5.73. The van der Waals surface area contributed by atoms with E-state index in [4.69, 9.17) is 4.74 Å². The van der Waals surface area contributed by atoms with Crippen molar-refractivity contribution in [3.05, 3.63) is 29.3 Å².